The zero-order valence-electron chi connectivity index (χ0n) is 11.2. The van der Waals surface area contributed by atoms with Gasteiger partial charge in [-0.3, -0.25) is 4.79 Å². The molecule has 0 aliphatic carbocycles. The second kappa shape index (κ2) is 6.02. The lowest BCUT2D eigenvalue weighted by molar-refractivity contribution is -0.118. The van der Waals surface area contributed by atoms with Gasteiger partial charge in [0.25, 0.3) is 0 Å². The van der Waals surface area contributed by atoms with Crippen LogP contribution in [-0.2, 0) is 4.79 Å². The van der Waals surface area contributed by atoms with Crippen LogP contribution < -0.4 is 11.1 Å². The van der Waals surface area contributed by atoms with E-state index in [0.29, 0.717) is 16.4 Å². The van der Waals surface area contributed by atoms with Crippen LogP contribution in [0.1, 0.15) is 13.8 Å². The molecular weight excluding hydrogens is 278 g/mol. The molecule has 106 valence electrons. The number of anilines is 1. The largest absolute Gasteiger partial charge is 0.323 e. The number of hydrogen-bond acceptors (Lipinski definition) is 4. The van der Waals surface area contributed by atoms with Crippen molar-refractivity contribution in [3.8, 4) is 5.69 Å². The molecule has 1 amide bonds. The van der Waals surface area contributed by atoms with Gasteiger partial charge in [-0.05, 0) is 24.1 Å². The highest BCUT2D eigenvalue weighted by atomic mass is 35.5. The fraction of sp³-hybridized carbons (Fsp3) is 0.308. The van der Waals surface area contributed by atoms with E-state index in [2.05, 4.69) is 15.4 Å². The smallest absolute Gasteiger partial charge is 0.241 e. The molecule has 6 nitrogen and oxygen atoms in total. The highest BCUT2D eigenvalue weighted by molar-refractivity contribution is 6.31. The van der Waals surface area contributed by atoms with Crippen LogP contribution in [0.3, 0.4) is 0 Å². The summed E-state index contributed by atoms with van der Waals surface area (Å²) in [6.07, 6.45) is 2.96. The molecule has 0 bridgehead atoms. The van der Waals surface area contributed by atoms with Crippen LogP contribution in [0.25, 0.3) is 5.69 Å². The fourth-order valence-electron chi connectivity index (χ4n) is 1.66. The third kappa shape index (κ3) is 3.15. The average Bonchev–Trinajstić information content (AvgIpc) is 2.91. The maximum Gasteiger partial charge on any atom is 0.241 e. The SMILES string of the molecule is CC(C)C(N)C(=O)Nc1cc(Cl)ccc1-n1cncn1. The summed E-state index contributed by atoms with van der Waals surface area (Å²) >= 11 is 5.98. The molecule has 20 heavy (non-hydrogen) atoms. The molecule has 3 N–H and O–H groups in total. The maximum atomic E-state index is 12.1. The van der Waals surface area contributed by atoms with E-state index < -0.39 is 6.04 Å². The lowest BCUT2D eigenvalue weighted by Gasteiger charge is -2.17. The summed E-state index contributed by atoms with van der Waals surface area (Å²) in [7, 11) is 0. The van der Waals surface area contributed by atoms with Crippen LogP contribution in [0.5, 0.6) is 0 Å². The van der Waals surface area contributed by atoms with Gasteiger partial charge in [-0.1, -0.05) is 25.4 Å². The molecule has 7 heteroatoms. The summed E-state index contributed by atoms with van der Waals surface area (Å²) < 4.78 is 1.55. The summed E-state index contributed by atoms with van der Waals surface area (Å²) in [4.78, 5) is 15.9. The number of carbonyl (C=O) groups excluding carboxylic acids is 1. The average molecular weight is 294 g/mol. The minimum atomic E-state index is -0.586. The number of halogens is 1. The molecular formula is C13H16ClN5O. The molecule has 2 rings (SSSR count). The third-order valence-electron chi connectivity index (χ3n) is 2.90. The molecule has 0 fully saturated rings. The van der Waals surface area contributed by atoms with Gasteiger partial charge in [0.1, 0.15) is 12.7 Å². The number of nitrogens with one attached hydrogen (secondary N) is 1. The zero-order chi connectivity index (χ0) is 14.7. The molecule has 0 saturated heterocycles. The monoisotopic (exact) mass is 293 g/mol. The first-order chi connectivity index (χ1) is 9.49. The molecule has 2 aromatic rings. The standard InChI is InChI=1S/C13H16ClN5O/c1-8(2)12(15)13(20)18-10-5-9(14)3-4-11(10)19-7-16-6-17-19/h3-8,12H,15H2,1-2H3,(H,18,20). The van der Waals surface area contributed by atoms with E-state index in [9.17, 15) is 4.79 Å². The lowest BCUT2D eigenvalue weighted by atomic mass is 10.0. The van der Waals surface area contributed by atoms with Crippen LogP contribution in [0, 0.1) is 5.92 Å². The Hall–Kier alpha value is -1.92. The van der Waals surface area contributed by atoms with Crippen molar-refractivity contribution in [1.29, 1.82) is 0 Å². The Morgan fingerprint density at radius 3 is 2.80 bits per heavy atom. The zero-order valence-corrected chi connectivity index (χ0v) is 12.0. The Labute approximate surface area is 121 Å². The quantitative estimate of drug-likeness (QED) is 0.900. The van der Waals surface area contributed by atoms with Gasteiger partial charge < -0.3 is 11.1 Å². The van der Waals surface area contributed by atoms with Gasteiger partial charge in [-0.25, -0.2) is 9.67 Å². The summed E-state index contributed by atoms with van der Waals surface area (Å²) in [6.45, 7) is 3.78. The molecule has 1 aromatic heterocycles. The summed E-state index contributed by atoms with van der Waals surface area (Å²) in [5, 5.41) is 7.34. The summed E-state index contributed by atoms with van der Waals surface area (Å²) in [5.74, 6) is -0.215. The van der Waals surface area contributed by atoms with Crippen molar-refractivity contribution >= 4 is 23.2 Å². The maximum absolute atomic E-state index is 12.1. The Morgan fingerprint density at radius 2 is 2.20 bits per heavy atom. The van der Waals surface area contributed by atoms with Gasteiger partial charge in [0.2, 0.25) is 5.91 Å². The van der Waals surface area contributed by atoms with Crippen LogP contribution in [0.15, 0.2) is 30.9 Å². The summed E-state index contributed by atoms with van der Waals surface area (Å²) in [6, 6.07) is 4.55. The number of rotatable bonds is 4. The second-order valence-electron chi connectivity index (χ2n) is 4.76. The van der Waals surface area contributed by atoms with Crippen molar-refractivity contribution < 1.29 is 4.79 Å². The minimum absolute atomic E-state index is 0.0454. The number of aromatic nitrogens is 3. The molecule has 1 heterocycles. The Kier molecular flexibility index (Phi) is 4.36. The molecule has 1 unspecified atom stereocenters. The normalized spacial score (nSPS) is 12.4. The van der Waals surface area contributed by atoms with E-state index in [1.807, 2.05) is 13.8 Å². The summed E-state index contributed by atoms with van der Waals surface area (Å²) in [5.41, 5.74) is 7.06. The molecule has 0 aliphatic heterocycles. The van der Waals surface area contributed by atoms with Gasteiger partial charge in [0.15, 0.2) is 0 Å². The number of amides is 1. The van der Waals surface area contributed by atoms with Gasteiger partial charge >= 0.3 is 0 Å². The van der Waals surface area contributed by atoms with E-state index in [-0.39, 0.29) is 11.8 Å². The van der Waals surface area contributed by atoms with Crippen molar-refractivity contribution in [2.24, 2.45) is 11.7 Å². The van der Waals surface area contributed by atoms with Crippen LogP contribution in [0.4, 0.5) is 5.69 Å². The lowest BCUT2D eigenvalue weighted by Crippen LogP contribution is -2.39. The first kappa shape index (κ1) is 14.5. The van der Waals surface area contributed by atoms with E-state index >= 15 is 0 Å². The Bertz CT molecular complexity index is 597. The number of benzene rings is 1. The van der Waals surface area contributed by atoms with Gasteiger partial charge in [0, 0.05) is 5.02 Å². The predicted molar refractivity (Wildman–Crippen MR) is 77.8 cm³/mol. The van der Waals surface area contributed by atoms with E-state index in [4.69, 9.17) is 17.3 Å². The topological polar surface area (TPSA) is 85.8 Å². The fourth-order valence-corrected chi connectivity index (χ4v) is 1.83. The minimum Gasteiger partial charge on any atom is -0.323 e. The number of nitrogens with two attached hydrogens (primary N) is 1. The first-order valence-corrected chi connectivity index (χ1v) is 6.58. The Morgan fingerprint density at radius 1 is 1.45 bits per heavy atom. The van der Waals surface area contributed by atoms with Crippen molar-refractivity contribution in [3.05, 3.63) is 35.9 Å². The molecule has 0 radical (unpaired) electrons. The second-order valence-corrected chi connectivity index (χ2v) is 5.20. The van der Waals surface area contributed by atoms with Crippen molar-refractivity contribution in [2.45, 2.75) is 19.9 Å². The molecule has 1 atom stereocenters. The van der Waals surface area contributed by atoms with Crippen LogP contribution >= 0.6 is 11.6 Å². The Balaban J connectivity index is 2.31. The van der Waals surface area contributed by atoms with Gasteiger partial charge in [0.05, 0.1) is 17.4 Å². The highest BCUT2D eigenvalue weighted by Crippen LogP contribution is 2.24. The predicted octanol–water partition coefficient (Wildman–Crippen LogP) is 1.84. The van der Waals surface area contributed by atoms with E-state index in [1.54, 1.807) is 29.2 Å². The molecule has 0 spiro atoms. The molecule has 0 aliphatic rings. The highest BCUT2D eigenvalue weighted by Gasteiger charge is 2.19. The van der Waals surface area contributed by atoms with Crippen LogP contribution in [0.2, 0.25) is 5.02 Å². The van der Waals surface area contributed by atoms with Crippen LogP contribution in [-0.4, -0.2) is 26.7 Å². The number of hydrogen-bond donors (Lipinski definition) is 2. The van der Waals surface area contributed by atoms with Crippen molar-refractivity contribution in [3.63, 3.8) is 0 Å². The van der Waals surface area contributed by atoms with E-state index in [0.717, 1.165) is 0 Å². The number of carbonyl (C=O) groups is 1. The molecule has 1 aromatic carbocycles. The first-order valence-electron chi connectivity index (χ1n) is 6.20. The number of nitrogens with zero attached hydrogens (tertiary/aromatic N) is 3. The van der Waals surface area contributed by atoms with E-state index in [1.165, 1.54) is 6.33 Å². The van der Waals surface area contributed by atoms with Gasteiger partial charge in [-0.2, -0.15) is 5.10 Å². The van der Waals surface area contributed by atoms with Gasteiger partial charge in [-0.15, -0.1) is 0 Å². The van der Waals surface area contributed by atoms with Crippen molar-refractivity contribution in [1.82, 2.24) is 14.8 Å². The molecule has 0 saturated carbocycles. The van der Waals surface area contributed by atoms with Crippen molar-refractivity contribution in [2.75, 3.05) is 5.32 Å². The third-order valence-corrected chi connectivity index (χ3v) is 3.14.